The first-order chi connectivity index (χ1) is 13.8. The maximum Gasteiger partial charge on any atom is 0.295 e. The lowest BCUT2D eigenvalue weighted by Crippen LogP contribution is -2.32. The summed E-state index contributed by atoms with van der Waals surface area (Å²) in [5, 5.41) is 11.5. The molecule has 0 aliphatic carbocycles. The average Bonchev–Trinajstić information content (AvgIpc) is 2.93. The molecule has 1 aliphatic rings. The second-order valence-electron chi connectivity index (χ2n) is 7.21. The van der Waals surface area contributed by atoms with E-state index in [-0.39, 0.29) is 11.3 Å². The zero-order valence-corrected chi connectivity index (χ0v) is 18.6. The number of Topliss-reactive ketones (excluding diaryl/α,β-unsaturated/α-hetero) is 1. The summed E-state index contributed by atoms with van der Waals surface area (Å²) in [4.78, 5) is 29.3. The number of amides is 1. The van der Waals surface area contributed by atoms with Gasteiger partial charge in [-0.05, 0) is 56.9 Å². The number of benzene rings is 2. The molecule has 2 aromatic carbocycles. The summed E-state index contributed by atoms with van der Waals surface area (Å²) in [6.45, 7) is 1.19. The molecule has 1 atom stereocenters. The topological polar surface area (TPSA) is 60.9 Å². The van der Waals surface area contributed by atoms with Crippen molar-refractivity contribution in [3.63, 3.8) is 0 Å². The first-order valence-electron chi connectivity index (χ1n) is 9.24. The second kappa shape index (κ2) is 9.11. The SMILES string of the molecule is CN(C)CCCN1C(=O)C(=O)C(=C(O)c2ccc(Br)cc2)C1c1ccc(Cl)cc1. The van der Waals surface area contributed by atoms with E-state index < -0.39 is 17.7 Å². The summed E-state index contributed by atoms with van der Waals surface area (Å²) in [5.74, 6) is -1.44. The molecule has 1 saturated heterocycles. The van der Waals surface area contributed by atoms with Gasteiger partial charge in [-0.15, -0.1) is 0 Å². The number of aliphatic hydroxyl groups is 1. The Kier molecular flexibility index (Phi) is 6.77. The third kappa shape index (κ3) is 4.71. The molecule has 1 unspecified atom stereocenters. The van der Waals surface area contributed by atoms with Crippen molar-refractivity contribution in [2.45, 2.75) is 12.5 Å². The summed E-state index contributed by atoms with van der Waals surface area (Å²) in [5.41, 5.74) is 1.32. The van der Waals surface area contributed by atoms with Crippen molar-refractivity contribution in [1.29, 1.82) is 0 Å². The molecule has 0 spiro atoms. The van der Waals surface area contributed by atoms with Crippen LogP contribution in [0.4, 0.5) is 0 Å². The Hall–Kier alpha value is -2.15. The van der Waals surface area contributed by atoms with E-state index in [1.807, 2.05) is 19.0 Å². The summed E-state index contributed by atoms with van der Waals surface area (Å²) < 4.78 is 0.854. The Labute approximate surface area is 183 Å². The van der Waals surface area contributed by atoms with E-state index in [1.54, 1.807) is 53.4 Å². The highest BCUT2D eigenvalue weighted by atomic mass is 79.9. The Balaban J connectivity index is 2.07. The van der Waals surface area contributed by atoms with Crippen LogP contribution in [0.25, 0.3) is 5.76 Å². The van der Waals surface area contributed by atoms with Gasteiger partial charge in [0.25, 0.3) is 11.7 Å². The van der Waals surface area contributed by atoms with Crippen molar-refractivity contribution in [1.82, 2.24) is 9.80 Å². The van der Waals surface area contributed by atoms with Gasteiger partial charge in [-0.25, -0.2) is 0 Å². The van der Waals surface area contributed by atoms with E-state index in [2.05, 4.69) is 15.9 Å². The fraction of sp³-hybridized carbons (Fsp3) is 0.273. The van der Waals surface area contributed by atoms with Crippen LogP contribution in [0.2, 0.25) is 5.02 Å². The van der Waals surface area contributed by atoms with Gasteiger partial charge in [-0.2, -0.15) is 0 Å². The molecule has 0 radical (unpaired) electrons. The molecule has 0 saturated carbocycles. The minimum atomic E-state index is -0.671. The smallest absolute Gasteiger partial charge is 0.295 e. The number of rotatable bonds is 6. The van der Waals surface area contributed by atoms with Crippen molar-refractivity contribution in [3.05, 3.63) is 74.7 Å². The number of likely N-dealkylation sites (tertiary alicyclic amines) is 1. The van der Waals surface area contributed by atoms with Crippen molar-refractivity contribution in [2.24, 2.45) is 0 Å². The van der Waals surface area contributed by atoms with Gasteiger partial charge in [-0.3, -0.25) is 9.59 Å². The van der Waals surface area contributed by atoms with Crippen LogP contribution < -0.4 is 0 Å². The van der Waals surface area contributed by atoms with E-state index >= 15 is 0 Å². The maximum atomic E-state index is 12.9. The molecule has 1 heterocycles. The van der Waals surface area contributed by atoms with E-state index in [9.17, 15) is 14.7 Å². The Morgan fingerprint density at radius 1 is 1.10 bits per heavy atom. The molecule has 0 bridgehead atoms. The fourth-order valence-electron chi connectivity index (χ4n) is 3.42. The van der Waals surface area contributed by atoms with Crippen LogP contribution in [0.5, 0.6) is 0 Å². The van der Waals surface area contributed by atoms with Crippen LogP contribution in [0, 0.1) is 0 Å². The van der Waals surface area contributed by atoms with Crippen LogP contribution in [0.1, 0.15) is 23.6 Å². The van der Waals surface area contributed by atoms with Gasteiger partial charge >= 0.3 is 0 Å². The van der Waals surface area contributed by atoms with Crippen molar-refractivity contribution in [3.8, 4) is 0 Å². The minimum absolute atomic E-state index is 0.101. The summed E-state index contributed by atoms with van der Waals surface area (Å²) in [7, 11) is 3.91. The largest absolute Gasteiger partial charge is 0.507 e. The lowest BCUT2D eigenvalue weighted by atomic mass is 9.95. The highest BCUT2D eigenvalue weighted by Crippen LogP contribution is 2.39. The fourth-order valence-corrected chi connectivity index (χ4v) is 3.81. The minimum Gasteiger partial charge on any atom is -0.507 e. The Morgan fingerprint density at radius 2 is 1.72 bits per heavy atom. The summed E-state index contributed by atoms with van der Waals surface area (Å²) >= 11 is 9.38. The number of nitrogens with zero attached hydrogens (tertiary/aromatic N) is 2. The van der Waals surface area contributed by atoms with E-state index in [4.69, 9.17) is 11.6 Å². The molecule has 152 valence electrons. The molecule has 1 N–H and O–H groups in total. The van der Waals surface area contributed by atoms with E-state index in [0.29, 0.717) is 23.6 Å². The molecule has 7 heteroatoms. The highest BCUT2D eigenvalue weighted by Gasteiger charge is 2.45. The van der Waals surface area contributed by atoms with E-state index in [1.165, 1.54) is 0 Å². The van der Waals surface area contributed by atoms with E-state index in [0.717, 1.165) is 16.6 Å². The number of carbonyl (C=O) groups excluding carboxylic acids is 2. The zero-order chi connectivity index (χ0) is 21.1. The maximum absolute atomic E-state index is 12.9. The Morgan fingerprint density at radius 3 is 2.31 bits per heavy atom. The van der Waals surface area contributed by atoms with Crippen molar-refractivity contribution < 1.29 is 14.7 Å². The molecule has 2 aromatic rings. The lowest BCUT2D eigenvalue weighted by molar-refractivity contribution is -0.139. The zero-order valence-electron chi connectivity index (χ0n) is 16.2. The third-order valence-corrected chi connectivity index (χ3v) is 5.63. The predicted molar refractivity (Wildman–Crippen MR) is 118 cm³/mol. The number of aliphatic hydroxyl groups excluding tert-OH is 1. The third-order valence-electron chi connectivity index (χ3n) is 4.85. The average molecular weight is 478 g/mol. The first kappa shape index (κ1) is 21.6. The summed E-state index contributed by atoms with van der Waals surface area (Å²) in [6, 6.07) is 13.3. The highest BCUT2D eigenvalue weighted by molar-refractivity contribution is 9.10. The van der Waals surface area contributed by atoms with Crippen LogP contribution >= 0.6 is 27.5 Å². The molecular formula is C22H22BrClN2O3. The van der Waals surface area contributed by atoms with Crippen LogP contribution in [0.3, 0.4) is 0 Å². The molecule has 29 heavy (non-hydrogen) atoms. The number of hydrogen-bond acceptors (Lipinski definition) is 4. The molecule has 1 amide bonds. The monoisotopic (exact) mass is 476 g/mol. The van der Waals surface area contributed by atoms with Gasteiger partial charge in [0, 0.05) is 21.6 Å². The molecule has 1 fully saturated rings. The van der Waals surface area contributed by atoms with Crippen LogP contribution in [-0.2, 0) is 9.59 Å². The normalized spacial score (nSPS) is 18.7. The van der Waals surface area contributed by atoms with Crippen LogP contribution in [-0.4, -0.2) is 53.8 Å². The number of ketones is 1. The molecule has 3 rings (SSSR count). The van der Waals surface area contributed by atoms with Crippen LogP contribution in [0.15, 0.2) is 58.6 Å². The van der Waals surface area contributed by atoms with Crippen molar-refractivity contribution >= 4 is 45.0 Å². The Bertz CT molecular complexity index is 940. The molecule has 0 aromatic heterocycles. The van der Waals surface area contributed by atoms with Gasteiger partial charge in [0.2, 0.25) is 0 Å². The lowest BCUT2D eigenvalue weighted by Gasteiger charge is -2.26. The first-order valence-corrected chi connectivity index (χ1v) is 10.4. The molecule has 5 nitrogen and oxygen atoms in total. The van der Waals surface area contributed by atoms with Gasteiger partial charge in [-0.1, -0.05) is 51.8 Å². The molecular weight excluding hydrogens is 456 g/mol. The van der Waals surface area contributed by atoms with Gasteiger partial charge in [0.05, 0.1) is 11.6 Å². The van der Waals surface area contributed by atoms with Gasteiger partial charge < -0.3 is 14.9 Å². The number of carbonyl (C=O) groups is 2. The quantitative estimate of drug-likeness (QED) is 0.379. The number of halogens is 2. The summed E-state index contributed by atoms with van der Waals surface area (Å²) in [6.07, 6.45) is 0.711. The van der Waals surface area contributed by atoms with Gasteiger partial charge in [0.1, 0.15) is 5.76 Å². The second-order valence-corrected chi connectivity index (χ2v) is 8.56. The number of hydrogen-bond donors (Lipinski definition) is 1. The molecule has 1 aliphatic heterocycles. The van der Waals surface area contributed by atoms with Gasteiger partial charge in [0.15, 0.2) is 0 Å². The standard InChI is InChI=1S/C22H22BrClN2O3/c1-25(2)12-3-13-26-19(14-6-10-17(24)11-7-14)18(21(28)22(26)29)20(27)15-4-8-16(23)9-5-15/h4-11,19,27H,3,12-13H2,1-2H3. The predicted octanol–water partition coefficient (Wildman–Crippen LogP) is 4.48. The van der Waals surface area contributed by atoms with Crippen molar-refractivity contribution in [2.75, 3.05) is 27.2 Å².